The molecule has 1 aromatic heterocycles. The van der Waals surface area contributed by atoms with Gasteiger partial charge in [0.25, 0.3) is 5.91 Å². The summed E-state index contributed by atoms with van der Waals surface area (Å²) in [7, 11) is 0. The summed E-state index contributed by atoms with van der Waals surface area (Å²) < 4.78 is 0. The Bertz CT molecular complexity index is 1430. The van der Waals surface area contributed by atoms with Gasteiger partial charge in [-0.15, -0.1) is 0 Å². The maximum absolute atomic E-state index is 13.9. The van der Waals surface area contributed by atoms with E-state index in [-0.39, 0.29) is 35.6 Å². The van der Waals surface area contributed by atoms with Gasteiger partial charge in [0.1, 0.15) is 5.69 Å². The van der Waals surface area contributed by atoms with Crippen LogP contribution < -0.4 is 5.32 Å². The van der Waals surface area contributed by atoms with Crippen molar-refractivity contribution in [1.82, 2.24) is 25.0 Å². The van der Waals surface area contributed by atoms with E-state index in [9.17, 15) is 19.5 Å². The van der Waals surface area contributed by atoms with E-state index >= 15 is 0 Å². The van der Waals surface area contributed by atoms with Crippen LogP contribution in [-0.4, -0.2) is 74.4 Å². The van der Waals surface area contributed by atoms with Crippen LogP contribution in [0.4, 0.5) is 4.79 Å². The zero-order valence-electron chi connectivity index (χ0n) is 25.1. The van der Waals surface area contributed by atoms with Crippen molar-refractivity contribution < 1.29 is 19.5 Å². The fraction of sp³-hybridized carbons (Fsp3) is 0.429. The molecular weight excluding hydrogens is 554 g/mol. The minimum atomic E-state index is -0.957. The van der Waals surface area contributed by atoms with Crippen molar-refractivity contribution in [2.45, 2.75) is 76.2 Å². The van der Waals surface area contributed by atoms with Crippen molar-refractivity contribution in [2.75, 3.05) is 19.6 Å². The van der Waals surface area contributed by atoms with Gasteiger partial charge < -0.3 is 20.2 Å². The summed E-state index contributed by atoms with van der Waals surface area (Å²) in [5, 5.41) is 12.4. The summed E-state index contributed by atoms with van der Waals surface area (Å²) >= 11 is 0. The maximum atomic E-state index is 13.9. The van der Waals surface area contributed by atoms with Crippen molar-refractivity contribution in [3.8, 4) is 0 Å². The van der Waals surface area contributed by atoms with Crippen LogP contribution in [0.5, 0.6) is 0 Å². The van der Waals surface area contributed by atoms with Gasteiger partial charge in [-0.25, -0.2) is 9.59 Å². The fourth-order valence-corrected chi connectivity index (χ4v) is 6.90. The minimum Gasteiger partial charge on any atom is -0.478 e. The largest absolute Gasteiger partial charge is 0.478 e. The number of piperidine rings is 1. The number of benzene rings is 2. The molecule has 1 aliphatic carbocycles. The third-order valence-electron chi connectivity index (χ3n) is 9.33. The van der Waals surface area contributed by atoms with Crippen LogP contribution in [0.15, 0.2) is 72.9 Å². The predicted molar refractivity (Wildman–Crippen MR) is 167 cm³/mol. The van der Waals surface area contributed by atoms with Crippen LogP contribution in [0.25, 0.3) is 0 Å². The van der Waals surface area contributed by atoms with Crippen LogP contribution in [0.3, 0.4) is 0 Å². The smallest absolute Gasteiger partial charge is 0.335 e. The standard InChI is InChI=1S/C35H41N5O4/c41-33(37-29-9-5-2-6-10-29)31-16-13-26(21-36-31)22-38-19-17-30(18-20-38)40-32(27-7-3-1-4-8-27)24-39(35(40)44)23-25-11-14-28(15-12-25)34(42)43/h1,3-4,7-8,11-16,21,29-30,32H,2,5-6,9-10,17-20,22-24H2,(H,37,41)(H,42,43). The highest BCUT2D eigenvalue weighted by Gasteiger charge is 2.42. The van der Waals surface area contributed by atoms with Crippen LogP contribution in [-0.2, 0) is 13.1 Å². The van der Waals surface area contributed by atoms with E-state index in [2.05, 4.69) is 32.2 Å². The highest BCUT2D eigenvalue weighted by Crippen LogP contribution is 2.35. The molecule has 1 unspecified atom stereocenters. The fourth-order valence-electron chi connectivity index (χ4n) is 6.90. The quantitative estimate of drug-likeness (QED) is 0.339. The summed E-state index contributed by atoms with van der Waals surface area (Å²) in [5.74, 6) is -1.04. The Kier molecular flexibility index (Phi) is 9.21. The number of nitrogens with zero attached hydrogens (tertiary/aromatic N) is 4. The molecule has 2 N–H and O–H groups in total. The Hall–Kier alpha value is -4.24. The first-order valence-corrected chi connectivity index (χ1v) is 15.9. The van der Waals surface area contributed by atoms with Crippen LogP contribution in [0, 0.1) is 0 Å². The molecule has 44 heavy (non-hydrogen) atoms. The SMILES string of the molecule is O=C(O)c1ccc(CN2CC(c3ccccc3)N(C3CCN(Cc4ccc(C(=O)NC5CCCCC5)nc4)CC3)C2=O)cc1. The lowest BCUT2D eigenvalue weighted by atomic mass is 9.95. The Morgan fingerprint density at radius 2 is 1.55 bits per heavy atom. The number of nitrogens with one attached hydrogen (secondary N) is 1. The Labute approximate surface area is 258 Å². The number of carbonyl (C=O) groups excluding carboxylic acids is 2. The predicted octanol–water partition coefficient (Wildman–Crippen LogP) is 5.49. The topological polar surface area (TPSA) is 106 Å². The number of carbonyl (C=O) groups is 3. The number of carboxylic acid groups (broad SMARTS) is 1. The third kappa shape index (κ3) is 6.94. The van der Waals surface area contributed by atoms with Gasteiger partial charge in [0, 0.05) is 51.0 Å². The van der Waals surface area contributed by atoms with Gasteiger partial charge >= 0.3 is 12.0 Å². The Balaban J connectivity index is 1.07. The van der Waals surface area contributed by atoms with Crippen molar-refractivity contribution in [3.05, 3.63) is 101 Å². The Morgan fingerprint density at radius 1 is 0.841 bits per heavy atom. The molecule has 3 amide bonds. The van der Waals surface area contributed by atoms with Gasteiger partial charge in [-0.1, -0.05) is 67.8 Å². The summed E-state index contributed by atoms with van der Waals surface area (Å²) in [6.45, 7) is 3.54. The van der Waals surface area contributed by atoms with E-state index in [4.69, 9.17) is 0 Å². The number of hydrogen-bond acceptors (Lipinski definition) is 5. The molecule has 2 saturated heterocycles. The highest BCUT2D eigenvalue weighted by molar-refractivity contribution is 5.92. The van der Waals surface area contributed by atoms with E-state index in [1.165, 1.54) is 19.3 Å². The second-order valence-corrected chi connectivity index (χ2v) is 12.4. The van der Waals surface area contributed by atoms with Crippen LogP contribution in [0.2, 0.25) is 0 Å². The molecule has 6 rings (SSSR count). The summed E-state index contributed by atoms with van der Waals surface area (Å²) in [6, 6.07) is 21.2. The maximum Gasteiger partial charge on any atom is 0.335 e. The second-order valence-electron chi connectivity index (χ2n) is 12.4. The van der Waals surface area contributed by atoms with E-state index in [1.54, 1.807) is 24.3 Å². The van der Waals surface area contributed by atoms with Crippen molar-refractivity contribution >= 4 is 17.9 Å². The lowest BCUT2D eigenvalue weighted by Crippen LogP contribution is -2.47. The number of pyridine rings is 1. The molecule has 1 atom stereocenters. The monoisotopic (exact) mass is 595 g/mol. The molecule has 0 radical (unpaired) electrons. The zero-order valence-corrected chi connectivity index (χ0v) is 25.1. The Morgan fingerprint density at radius 3 is 2.20 bits per heavy atom. The number of aromatic nitrogens is 1. The van der Waals surface area contributed by atoms with Crippen molar-refractivity contribution in [3.63, 3.8) is 0 Å². The van der Waals surface area contributed by atoms with Crippen LogP contribution in [0.1, 0.15) is 88.5 Å². The molecule has 0 bridgehead atoms. The van der Waals surface area contributed by atoms with E-state index < -0.39 is 5.97 Å². The van der Waals surface area contributed by atoms with Gasteiger partial charge in [-0.2, -0.15) is 0 Å². The van der Waals surface area contributed by atoms with Gasteiger partial charge in [0.15, 0.2) is 0 Å². The van der Waals surface area contributed by atoms with Gasteiger partial charge in [0.05, 0.1) is 11.6 Å². The molecular formula is C35H41N5O4. The third-order valence-corrected chi connectivity index (χ3v) is 9.33. The first-order chi connectivity index (χ1) is 21.4. The molecule has 9 nitrogen and oxygen atoms in total. The normalized spacial score (nSPS) is 20.2. The van der Waals surface area contributed by atoms with Gasteiger partial charge in [-0.3, -0.25) is 14.7 Å². The molecule has 2 aromatic carbocycles. The number of likely N-dealkylation sites (tertiary alicyclic amines) is 1. The van der Waals surface area contributed by atoms with E-state index in [0.29, 0.717) is 18.8 Å². The summed E-state index contributed by atoms with van der Waals surface area (Å²) in [4.78, 5) is 48.6. The molecule has 3 heterocycles. The first kappa shape index (κ1) is 29.8. The second kappa shape index (κ2) is 13.6. The molecule has 9 heteroatoms. The molecule has 1 saturated carbocycles. The van der Waals surface area contributed by atoms with E-state index in [1.807, 2.05) is 41.4 Å². The van der Waals surface area contributed by atoms with Crippen LogP contribution >= 0.6 is 0 Å². The number of urea groups is 1. The zero-order chi connectivity index (χ0) is 30.5. The number of rotatable bonds is 9. The number of hydrogen-bond donors (Lipinski definition) is 2. The molecule has 230 valence electrons. The van der Waals surface area contributed by atoms with Crippen molar-refractivity contribution in [2.24, 2.45) is 0 Å². The molecule has 0 spiro atoms. The van der Waals surface area contributed by atoms with E-state index in [0.717, 1.165) is 62.0 Å². The number of aromatic carboxylic acids is 1. The minimum absolute atomic E-state index is 0.0324. The number of amides is 3. The molecule has 3 aliphatic rings. The van der Waals surface area contributed by atoms with Gasteiger partial charge in [0.2, 0.25) is 0 Å². The average molecular weight is 596 g/mol. The van der Waals surface area contributed by atoms with Gasteiger partial charge in [-0.05, 0) is 60.6 Å². The number of carboxylic acids is 1. The summed E-state index contributed by atoms with van der Waals surface area (Å²) in [6.07, 6.45) is 9.29. The average Bonchev–Trinajstić information content (AvgIpc) is 3.38. The lowest BCUT2D eigenvalue weighted by molar-refractivity contribution is 0.0696. The summed E-state index contributed by atoms with van der Waals surface area (Å²) in [5.41, 5.74) is 3.84. The molecule has 2 aliphatic heterocycles. The lowest BCUT2D eigenvalue weighted by Gasteiger charge is -2.39. The molecule has 3 fully saturated rings. The highest BCUT2D eigenvalue weighted by atomic mass is 16.4. The van der Waals surface area contributed by atoms with Crippen molar-refractivity contribution in [1.29, 1.82) is 0 Å². The molecule has 3 aromatic rings. The first-order valence-electron chi connectivity index (χ1n) is 15.9.